The van der Waals surface area contributed by atoms with Gasteiger partial charge in [-0.2, -0.15) is 0 Å². The number of hydrogen-bond donors (Lipinski definition) is 1. The van der Waals surface area contributed by atoms with Crippen LogP contribution in [0.1, 0.15) is 75.5 Å². The van der Waals surface area contributed by atoms with Gasteiger partial charge in [0, 0.05) is 17.1 Å². The Hall–Kier alpha value is -2.63. The maximum Gasteiger partial charge on any atom is 0.250 e. The average molecular weight is 496 g/mol. The van der Waals surface area contributed by atoms with Gasteiger partial charge in [0.15, 0.2) is 5.78 Å². The number of benzene rings is 2. The summed E-state index contributed by atoms with van der Waals surface area (Å²) in [5.74, 6) is 0.351. The molecule has 3 unspecified atom stereocenters. The molecule has 186 valence electrons. The number of carbonyl (C=O) groups excluding carboxylic acids is 2. The molecule has 1 heterocycles. The normalized spacial score (nSPS) is 22.0. The number of hydrogen-bond acceptors (Lipinski definition) is 4. The number of ketones is 1. The molecule has 1 fully saturated rings. The predicted molar refractivity (Wildman–Crippen MR) is 140 cm³/mol. The Labute approximate surface area is 212 Å². The number of anilines is 1. The first-order valence-corrected chi connectivity index (χ1v) is 12.8. The van der Waals surface area contributed by atoms with E-state index in [-0.39, 0.29) is 36.4 Å². The first-order chi connectivity index (χ1) is 16.7. The van der Waals surface area contributed by atoms with Crippen molar-refractivity contribution in [1.29, 1.82) is 0 Å². The smallest absolute Gasteiger partial charge is 0.250 e. The molecule has 0 spiro atoms. The van der Waals surface area contributed by atoms with Crippen molar-refractivity contribution in [2.45, 2.75) is 71.0 Å². The van der Waals surface area contributed by atoms with Gasteiger partial charge < -0.3 is 14.8 Å². The lowest BCUT2D eigenvalue weighted by Gasteiger charge is -2.37. The van der Waals surface area contributed by atoms with Crippen LogP contribution < -0.4 is 5.32 Å². The van der Waals surface area contributed by atoms with Crippen LogP contribution in [0, 0.1) is 5.92 Å². The summed E-state index contributed by atoms with van der Waals surface area (Å²) in [6.07, 6.45) is 3.21. The second-order valence-electron chi connectivity index (χ2n) is 10.1. The fourth-order valence-electron chi connectivity index (χ4n) is 5.01. The van der Waals surface area contributed by atoms with E-state index in [2.05, 4.69) is 45.1 Å². The second kappa shape index (κ2) is 11.0. The first-order valence-electron chi connectivity index (χ1n) is 12.4. The number of Topliss-reactive ketones (excluding diaryl/α,β-unsaturated/α-hetero) is 1. The molecule has 1 aliphatic carbocycles. The van der Waals surface area contributed by atoms with Gasteiger partial charge in [0.05, 0.1) is 23.9 Å². The number of para-hydroxylation sites is 1. The van der Waals surface area contributed by atoms with Crippen LogP contribution in [-0.2, 0) is 19.1 Å². The minimum absolute atomic E-state index is 0.0220. The van der Waals surface area contributed by atoms with Crippen LogP contribution in [0.4, 0.5) is 5.69 Å². The van der Waals surface area contributed by atoms with Gasteiger partial charge in [0.2, 0.25) is 5.91 Å². The van der Waals surface area contributed by atoms with E-state index >= 15 is 0 Å². The Morgan fingerprint density at radius 2 is 1.71 bits per heavy atom. The van der Waals surface area contributed by atoms with E-state index in [1.807, 2.05) is 18.2 Å². The number of ether oxygens (including phenoxy) is 2. The van der Waals surface area contributed by atoms with E-state index in [1.165, 1.54) is 0 Å². The predicted octanol–water partition coefficient (Wildman–Crippen LogP) is 6.72. The van der Waals surface area contributed by atoms with Crippen LogP contribution in [0.5, 0.6) is 0 Å². The monoisotopic (exact) mass is 495 g/mol. The van der Waals surface area contributed by atoms with Gasteiger partial charge in [-0.3, -0.25) is 9.59 Å². The SMILES string of the molecule is CC(C)c1cccc(C(C)C)c1NC(=O)COC1CCC2C(=O)C(c3ccc(Cl)cc3)=COC2C1. The van der Waals surface area contributed by atoms with Crippen molar-refractivity contribution in [2.24, 2.45) is 5.92 Å². The highest BCUT2D eigenvalue weighted by molar-refractivity contribution is 6.30. The number of carbonyl (C=O) groups is 2. The number of rotatable bonds is 7. The molecule has 5 nitrogen and oxygen atoms in total. The lowest BCUT2D eigenvalue weighted by atomic mass is 9.78. The third kappa shape index (κ3) is 5.79. The number of halogens is 1. The Balaban J connectivity index is 1.36. The summed E-state index contributed by atoms with van der Waals surface area (Å²) in [6, 6.07) is 13.4. The zero-order valence-corrected chi connectivity index (χ0v) is 21.6. The molecular formula is C29H34ClNO4. The van der Waals surface area contributed by atoms with E-state index in [0.29, 0.717) is 35.3 Å². The molecule has 0 saturated heterocycles. The molecule has 35 heavy (non-hydrogen) atoms. The standard InChI is InChI=1S/C29H34ClNO4/c1-17(2)22-6-5-7-23(18(3)4)28(22)31-27(32)16-34-21-12-13-24-26(14-21)35-15-25(29(24)33)19-8-10-20(30)11-9-19/h5-11,15,17-18,21,24,26H,12-14,16H2,1-4H3,(H,31,32). The molecule has 2 aromatic rings. The summed E-state index contributed by atoms with van der Waals surface area (Å²) in [7, 11) is 0. The summed E-state index contributed by atoms with van der Waals surface area (Å²) >= 11 is 5.98. The molecule has 2 aromatic carbocycles. The molecule has 6 heteroatoms. The van der Waals surface area contributed by atoms with Gasteiger partial charge >= 0.3 is 0 Å². The Morgan fingerprint density at radius 3 is 2.34 bits per heavy atom. The fraction of sp³-hybridized carbons (Fsp3) is 0.448. The van der Waals surface area contributed by atoms with Crippen LogP contribution in [0.3, 0.4) is 0 Å². The molecule has 2 aliphatic rings. The molecule has 1 saturated carbocycles. The molecule has 0 radical (unpaired) electrons. The summed E-state index contributed by atoms with van der Waals surface area (Å²) < 4.78 is 12.0. The molecule has 3 atom stereocenters. The second-order valence-corrected chi connectivity index (χ2v) is 10.5. The van der Waals surface area contributed by atoms with Crippen LogP contribution in [0.25, 0.3) is 5.57 Å². The molecule has 1 aliphatic heterocycles. The summed E-state index contributed by atoms with van der Waals surface area (Å²) in [5.41, 5.74) is 4.56. The maximum absolute atomic E-state index is 13.1. The van der Waals surface area contributed by atoms with Gasteiger partial charge in [0.1, 0.15) is 12.7 Å². The number of fused-ring (bicyclic) bond motifs is 1. The number of nitrogens with one attached hydrogen (secondary N) is 1. The van der Waals surface area contributed by atoms with Crippen molar-refractivity contribution in [1.82, 2.24) is 0 Å². The minimum Gasteiger partial charge on any atom is -0.496 e. The molecule has 4 rings (SSSR count). The van der Waals surface area contributed by atoms with Crippen molar-refractivity contribution in [2.75, 3.05) is 11.9 Å². The van der Waals surface area contributed by atoms with E-state index in [9.17, 15) is 9.59 Å². The summed E-state index contributed by atoms with van der Waals surface area (Å²) in [5, 5.41) is 3.74. The summed E-state index contributed by atoms with van der Waals surface area (Å²) in [4.78, 5) is 25.9. The maximum atomic E-state index is 13.1. The summed E-state index contributed by atoms with van der Waals surface area (Å²) in [6.45, 7) is 8.49. The lowest BCUT2D eigenvalue weighted by molar-refractivity contribution is -0.132. The highest BCUT2D eigenvalue weighted by atomic mass is 35.5. The molecule has 1 amide bonds. The molecule has 1 N–H and O–H groups in total. The Morgan fingerprint density at radius 1 is 1.06 bits per heavy atom. The van der Waals surface area contributed by atoms with Crippen molar-refractivity contribution < 1.29 is 19.1 Å². The molecule has 0 aromatic heterocycles. The van der Waals surface area contributed by atoms with Gasteiger partial charge in [-0.05, 0) is 53.5 Å². The quantitative estimate of drug-likeness (QED) is 0.463. The largest absolute Gasteiger partial charge is 0.496 e. The third-order valence-electron chi connectivity index (χ3n) is 6.95. The van der Waals surface area contributed by atoms with Gasteiger partial charge in [-0.25, -0.2) is 0 Å². The van der Waals surface area contributed by atoms with Gasteiger partial charge in [-0.1, -0.05) is 69.6 Å². The highest BCUT2D eigenvalue weighted by Gasteiger charge is 2.40. The van der Waals surface area contributed by atoms with E-state index in [0.717, 1.165) is 28.8 Å². The molecular weight excluding hydrogens is 462 g/mol. The minimum atomic E-state index is -0.227. The zero-order chi connectivity index (χ0) is 25.1. The average Bonchev–Trinajstić information content (AvgIpc) is 2.83. The lowest BCUT2D eigenvalue weighted by Crippen LogP contribution is -2.42. The topological polar surface area (TPSA) is 64.6 Å². The van der Waals surface area contributed by atoms with Crippen LogP contribution in [-0.4, -0.2) is 30.5 Å². The zero-order valence-electron chi connectivity index (χ0n) is 20.8. The van der Waals surface area contributed by atoms with Crippen molar-refractivity contribution in [3.05, 3.63) is 70.4 Å². The fourth-order valence-corrected chi connectivity index (χ4v) is 5.14. The van der Waals surface area contributed by atoms with Crippen molar-refractivity contribution in [3.63, 3.8) is 0 Å². The number of amides is 1. The Bertz CT molecular complexity index is 1080. The van der Waals surface area contributed by atoms with E-state index < -0.39 is 0 Å². The van der Waals surface area contributed by atoms with Crippen LogP contribution >= 0.6 is 11.6 Å². The highest BCUT2D eigenvalue weighted by Crippen LogP contribution is 2.37. The van der Waals surface area contributed by atoms with Gasteiger partial charge in [0.25, 0.3) is 0 Å². The third-order valence-corrected chi connectivity index (χ3v) is 7.20. The van der Waals surface area contributed by atoms with E-state index in [1.54, 1.807) is 18.4 Å². The van der Waals surface area contributed by atoms with Gasteiger partial charge in [-0.15, -0.1) is 0 Å². The van der Waals surface area contributed by atoms with Crippen LogP contribution in [0.15, 0.2) is 48.7 Å². The van der Waals surface area contributed by atoms with E-state index in [4.69, 9.17) is 21.1 Å². The Kier molecular flexibility index (Phi) is 7.98. The van der Waals surface area contributed by atoms with Crippen molar-refractivity contribution in [3.8, 4) is 0 Å². The molecule has 0 bridgehead atoms. The number of allylic oxidation sites excluding steroid dienone is 1. The first kappa shape index (κ1) is 25.5. The van der Waals surface area contributed by atoms with Crippen molar-refractivity contribution >= 4 is 34.6 Å². The van der Waals surface area contributed by atoms with Crippen LogP contribution in [0.2, 0.25) is 5.02 Å².